The van der Waals surface area contributed by atoms with E-state index in [4.69, 9.17) is 21.1 Å². The normalized spacial score (nSPS) is 10.2. The average Bonchev–Trinajstić information content (AvgIpc) is 2.71. The zero-order valence-electron chi connectivity index (χ0n) is 15.1. The van der Waals surface area contributed by atoms with Crippen molar-refractivity contribution >= 4 is 29.3 Å². The zero-order chi connectivity index (χ0) is 20.8. The first kappa shape index (κ1) is 20.1. The largest absolute Gasteiger partial charge is 0.457 e. The van der Waals surface area contributed by atoms with E-state index in [1.54, 1.807) is 24.3 Å². The summed E-state index contributed by atoms with van der Waals surface area (Å²) in [7, 11) is 1.43. The molecule has 0 saturated carbocycles. The lowest BCUT2D eigenvalue weighted by Crippen LogP contribution is -2.22. The number of nitrogens with one attached hydrogen (secondary N) is 2. The van der Waals surface area contributed by atoms with Gasteiger partial charge in [0.15, 0.2) is 0 Å². The molecule has 2 aromatic carbocycles. The van der Waals surface area contributed by atoms with E-state index >= 15 is 0 Å². The van der Waals surface area contributed by atoms with Crippen molar-refractivity contribution in [3.05, 3.63) is 77.2 Å². The summed E-state index contributed by atoms with van der Waals surface area (Å²) in [6.07, 6.45) is 0.761. The van der Waals surface area contributed by atoms with Crippen LogP contribution < -0.4 is 20.1 Å². The fourth-order valence-corrected chi connectivity index (χ4v) is 2.45. The Hall–Kier alpha value is -3.65. The first-order valence-corrected chi connectivity index (χ1v) is 8.72. The number of nitrogens with zero attached hydrogens (tertiary/aromatic N) is 1. The number of anilines is 1. The van der Waals surface area contributed by atoms with Crippen LogP contribution in [0.5, 0.6) is 17.4 Å². The number of halogens is 2. The topological polar surface area (TPSA) is 89.5 Å². The van der Waals surface area contributed by atoms with Crippen molar-refractivity contribution in [1.29, 1.82) is 0 Å². The molecular formula is C20H15ClFN3O4. The fraction of sp³-hybridized carbons (Fsp3) is 0.0500. The minimum Gasteiger partial charge on any atom is -0.457 e. The predicted octanol–water partition coefficient (Wildman–Crippen LogP) is 4.64. The second-order valence-corrected chi connectivity index (χ2v) is 6.09. The lowest BCUT2D eigenvalue weighted by Gasteiger charge is -2.10. The third kappa shape index (κ3) is 5.43. The van der Waals surface area contributed by atoms with E-state index in [0.29, 0.717) is 22.7 Å². The third-order valence-electron chi connectivity index (χ3n) is 3.62. The van der Waals surface area contributed by atoms with E-state index in [2.05, 4.69) is 15.6 Å². The molecule has 0 radical (unpaired) electrons. The molecule has 1 heterocycles. The van der Waals surface area contributed by atoms with Gasteiger partial charge in [-0.1, -0.05) is 17.7 Å². The molecule has 0 bridgehead atoms. The monoisotopic (exact) mass is 415 g/mol. The summed E-state index contributed by atoms with van der Waals surface area (Å²) < 4.78 is 23.9. The van der Waals surface area contributed by atoms with Gasteiger partial charge in [0.25, 0.3) is 5.91 Å². The Morgan fingerprint density at radius 2 is 1.86 bits per heavy atom. The summed E-state index contributed by atoms with van der Waals surface area (Å²) >= 11 is 5.73. The quantitative estimate of drug-likeness (QED) is 0.633. The van der Waals surface area contributed by atoms with E-state index in [1.165, 1.54) is 43.6 Å². The molecule has 29 heavy (non-hydrogen) atoms. The Labute approximate surface area is 170 Å². The number of ether oxygens (including phenoxy) is 2. The Kier molecular flexibility index (Phi) is 6.25. The van der Waals surface area contributed by atoms with E-state index in [9.17, 15) is 14.0 Å². The highest BCUT2D eigenvalue weighted by molar-refractivity contribution is 6.31. The van der Waals surface area contributed by atoms with Gasteiger partial charge in [0, 0.05) is 30.6 Å². The maximum atomic E-state index is 13.2. The third-order valence-corrected chi connectivity index (χ3v) is 3.91. The number of hydrogen-bond donors (Lipinski definition) is 2. The van der Waals surface area contributed by atoms with Crippen molar-refractivity contribution in [1.82, 2.24) is 10.3 Å². The van der Waals surface area contributed by atoms with Crippen LogP contribution in [0.4, 0.5) is 14.9 Å². The van der Waals surface area contributed by atoms with Gasteiger partial charge < -0.3 is 20.1 Å². The number of carbonyl (C=O) groups is 2. The SMILES string of the molecule is CNC(=O)Oc1cc(Oc2cccc(C(=O)Nc3ccc(F)c(Cl)c3)c2)ccn1. The summed E-state index contributed by atoms with van der Waals surface area (Å²) in [6, 6.07) is 13.3. The average molecular weight is 416 g/mol. The molecule has 2 amide bonds. The molecule has 0 aliphatic rings. The van der Waals surface area contributed by atoms with Gasteiger partial charge in [-0.25, -0.2) is 14.2 Å². The molecular weight excluding hydrogens is 401 g/mol. The maximum Gasteiger partial charge on any atom is 0.413 e. The number of pyridine rings is 1. The predicted molar refractivity (Wildman–Crippen MR) is 105 cm³/mol. The van der Waals surface area contributed by atoms with Gasteiger partial charge in [-0.05, 0) is 42.5 Å². The van der Waals surface area contributed by atoms with Gasteiger partial charge in [0.1, 0.15) is 17.3 Å². The van der Waals surface area contributed by atoms with Gasteiger partial charge in [0.2, 0.25) is 5.88 Å². The van der Waals surface area contributed by atoms with Crippen LogP contribution in [0.15, 0.2) is 60.8 Å². The smallest absolute Gasteiger partial charge is 0.413 e. The molecule has 0 spiro atoms. The van der Waals surface area contributed by atoms with E-state index in [1.807, 2.05) is 0 Å². The van der Waals surface area contributed by atoms with Crippen molar-refractivity contribution < 1.29 is 23.5 Å². The minimum atomic E-state index is -0.658. The second kappa shape index (κ2) is 9.03. The highest BCUT2D eigenvalue weighted by atomic mass is 35.5. The fourth-order valence-electron chi connectivity index (χ4n) is 2.27. The van der Waals surface area contributed by atoms with Crippen LogP contribution in [0.1, 0.15) is 10.4 Å². The van der Waals surface area contributed by atoms with E-state index in [-0.39, 0.29) is 10.9 Å². The van der Waals surface area contributed by atoms with E-state index < -0.39 is 17.8 Å². The molecule has 0 atom stereocenters. The zero-order valence-corrected chi connectivity index (χ0v) is 15.9. The molecule has 148 valence electrons. The first-order valence-electron chi connectivity index (χ1n) is 8.34. The number of rotatable bonds is 5. The molecule has 9 heteroatoms. The van der Waals surface area contributed by atoms with Crippen LogP contribution in [-0.4, -0.2) is 24.0 Å². The molecule has 0 aliphatic carbocycles. The lowest BCUT2D eigenvalue weighted by atomic mass is 10.2. The summed E-state index contributed by atoms with van der Waals surface area (Å²) in [5.41, 5.74) is 0.677. The van der Waals surface area contributed by atoms with E-state index in [0.717, 1.165) is 0 Å². The van der Waals surface area contributed by atoms with Gasteiger partial charge in [0.05, 0.1) is 5.02 Å². The van der Waals surface area contributed by atoms with Crippen LogP contribution in [0.2, 0.25) is 5.02 Å². The number of carbonyl (C=O) groups excluding carboxylic acids is 2. The molecule has 7 nitrogen and oxygen atoms in total. The summed E-state index contributed by atoms with van der Waals surface area (Å²) in [5, 5.41) is 4.86. The molecule has 0 fully saturated rings. The van der Waals surface area contributed by atoms with Crippen molar-refractivity contribution in [3.8, 4) is 17.4 Å². The maximum absolute atomic E-state index is 13.2. The molecule has 3 aromatic rings. The number of aromatic nitrogens is 1. The Bertz CT molecular complexity index is 1060. The summed E-state index contributed by atoms with van der Waals surface area (Å²) in [6.45, 7) is 0. The highest BCUT2D eigenvalue weighted by Gasteiger charge is 2.10. The second-order valence-electron chi connectivity index (χ2n) is 5.68. The standard InChI is InChI=1S/C20H15ClFN3O4/c1-23-20(27)29-18-11-15(7-8-24-18)28-14-4-2-3-12(9-14)19(26)25-13-5-6-17(22)16(21)10-13/h2-11H,1H3,(H,23,27)(H,25,26). The van der Waals surface area contributed by atoms with Crippen LogP contribution in [-0.2, 0) is 0 Å². The van der Waals surface area contributed by atoms with Crippen LogP contribution in [0.25, 0.3) is 0 Å². The Morgan fingerprint density at radius 1 is 1.07 bits per heavy atom. The number of hydrogen-bond acceptors (Lipinski definition) is 5. The summed E-state index contributed by atoms with van der Waals surface area (Å²) in [4.78, 5) is 27.6. The van der Waals surface area contributed by atoms with Gasteiger partial charge >= 0.3 is 6.09 Å². The van der Waals surface area contributed by atoms with Crippen molar-refractivity contribution in [2.75, 3.05) is 12.4 Å². The Balaban J connectivity index is 1.72. The minimum absolute atomic E-state index is 0.0592. The molecule has 0 saturated heterocycles. The van der Waals surface area contributed by atoms with Crippen molar-refractivity contribution in [3.63, 3.8) is 0 Å². The highest BCUT2D eigenvalue weighted by Crippen LogP contribution is 2.25. The molecule has 2 N–H and O–H groups in total. The Morgan fingerprint density at radius 3 is 2.62 bits per heavy atom. The lowest BCUT2D eigenvalue weighted by molar-refractivity contribution is 0.102. The number of benzene rings is 2. The molecule has 1 aromatic heterocycles. The van der Waals surface area contributed by atoms with Gasteiger partial charge in [-0.3, -0.25) is 4.79 Å². The first-order chi connectivity index (χ1) is 13.9. The van der Waals surface area contributed by atoms with Crippen LogP contribution in [0.3, 0.4) is 0 Å². The van der Waals surface area contributed by atoms with Crippen LogP contribution >= 0.6 is 11.6 Å². The van der Waals surface area contributed by atoms with Gasteiger partial charge in [-0.2, -0.15) is 0 Å². The van der Waals surface area contributed by atoms with Crippen LogP contribution in [0, 0.1) is 5.82 Å². The van der Waals surface area contributed by atoms with Gasteiger partial charge in [-0.15, -0.1) is 0 Å². The summed E-state index contributed by atoms with van der Waals surface area (Å²) in [5.74, 6) is -0.189. The molecule has 0 unspecified atom stereocenters. The number of amides is 2. The molecule has 0 aliphatic heterocycles. The van der Waals surface area contributed by atoms with Crippen molar-refractivity contribution in [2.45, 2.75) is 0 Å². The molecule has 3 rings (SSSR count). The van der Waals surface area contributed by atoms with Crippen molar-refractivity contribution in [2.24, 2.45) is 0 Å².